The topological polar surface area (TPSA) is 77.0 Å². The third-order valence-electron chi connectivity index (χ3n) is 5.90. The summed E-state index contributed by atoms with van der Waals surface area (Å²) in [6, 6.07) is 22.7. The number of esters is 1. The molecule has 6 heteroatoms. The maximum Gasteiger partial charge on any atom is 0.338 e. The standard InChI is InChI=1S/C27H23N3O3/c1-17-18(2)29-26(28-17)19-11-13-20(14-12-19)27(32)33-16-15-25(31)30-23-9-5-3-7-21(23)22-8-4-6-10-24(22)30/h3-14H,15-16H2,1-2H3,(H,28,29). The Morgan fingerprint density at radius 3 is 2.06 bits per heavy atom. The fourth-order valence-corrected chi connectivity index (χ4v) is 4.07. The first-order chi connectivity index (χ1) is 16.0. The first kappa shape index (κ1) is 20.7. The van der Waals surface area contributed by atoms with Crippen LogP contribution in [-0.4, -0.2) is 33.0 Å². The molecule has 0 unspecified atom stereocenters. The number of carbonyl (C=O) groups is 2. The maximum absolute atomic E-state index is 13.0. The normalized spacial score (nSPS) is 11.2. The van der Waals surface area contributed by atoms with Crippen LogP contribution in [0, 0.1) is 13.8 Å². The summed E-state index contributed by atoms with van der Waals surface area (Å²) >= 11 is 0. The minimum atomic E-state index is -0.455. The highest BCUT2D eigenvalue weighted by atomic mass is 16.5. The highest BCUT2D eigenvalue weighted by molar-refractivity contribution is 6.13. The van der Waals surface area contributed by atoms with E-state index in [4.69, 9.17) is 4.74 Å². The fraction of sp³-hybridized carbons (Fsp3) is 0.148. The summed E-state index contributed by atoms with van der Waals surface area (Å²) in [7, 11) is 0. The van der Waals surface area contributed by atoms with Gasteiger partial charge in [-0.3, -0.25) is 9.36 Å². The quantitative estimate of drug-likeness (QED) is 0.359. The zero-order valence-electron chi connectivity index (χ0n) is 18.5. The van der Waals surface area contributed by atoms with Gasteiger partial charge in [-0.25, -0.2) is 9.78 Å². The molecule has 0 saturated carbocycles. The minimum absolute atomic E-state index is 0.0107. The number of imidazole rings is 1. The molecule has 6 nitrogen and oxygen atoms in total. The van der Waals surface area contributed by atoms with E-state index in [2.05, 4.69) is 9.97 Å². The van der Waals surface area contributed by atoms with Crippen molar-refractivity contribution in [2.75, 3.05) is 6.61 Å². The molecule has 0 atom stereocenters. The van der Waals surface area contributed by atoms with E-state index in [0.29, 0.717) is 5.56 Å². The van der Waals surface area contributed by atoms with E-state index in [1.54, 1.807) is 16.7 Å². The highest BCUT2D eigenvalue weighted by Crippen LogP contribution is 2.29. The van der Waals surface area contributed by atoms with Crippen molar-refractivity contribution >= 4 is 33.7 Å². The molecule has 0 aliphatic heterocycles. The summed E-state index contributed by atoms with van der Waals surface area (Å²) in [4.78, 5) is 33.2. The van der Waals surface area contributed by atoms with Gasteiger partial charge in [-0.15, -0.1) is 0 Å². The van der Waals surface area contributed by atoms with Crippen molar-refractivity contribution in [2.45, 2.75) is 20.3 Å². The summed E-state index contributed by atoms with van der Waals surface area (Å²) in [5, 5.41) is 2.06. The monoisotopic (exact) mass is 437 g/mol. The van der Waals surface area contributed by atoms with Gasteiger partial charge in [0.1, 0.15) is 12.4 Å². The van der Waals surface area contributed by atoms with Crippen molar-refractivity contribution in [3.05, 3.63) is 89.7 Å². The van der Waals surface area contributed by atoms with Crippen molar-refractivity contribution in [1.29, 1.82) is 0 Å². The number of H-pyrrole nitrogens is 1. The number of hydrogen-bond acceptors (Lipinski definition) is 4. The van der Waals surface area contributed by atoms with Crippen LogP contribution in [0.3, 0.4) is 0 Å². The van der Waals surface area contributed by atoms with Crippen LogP contribution >= 0.6 is 0 Å². The van der Waals surface area contributed by atoms with Crippen molar-refractivity contribution < 1.29 is 14.3 Å². The summed E-state index contributed by atoms with van der Waals surface area (Å²) < 4.78 is 7.10. The van der Waals surface area contributed by atoms with Gasteiger partial charge in [0.25, 0.3) is 0 Å². The molecule has 2 aromatic heterocycles. The lowest BCUT2D eigenvalue weighted by Crippen LogP contribution is -2.15. The second-order valence-corrected chi connectivity index (χ2v) is 8.02. The Bertz CT molecular complexity index is 1420. The van der Waals surface area contributed by atoms with Gasteiger partial charge >= 0.3 is 5.97 Å². The van der Waals surface area contributed by atoms with E-state index >= 15 is 0 Å². The SMILES string of the molecule is Cc1nc(-c2ccc(C(=O)OCCC(=O)n3c4ccccc4c4ccccc43)cc2)[nH]c1C. The number of para-hydroxylation sites is 2. The number of ether oxygens (including phenoxy) is 1. The molecule has 5 aromatic rings. The number of benzene rings is 3. The molecule has 0 aliphatic carbocycles. The predicted molar refractivity (Wildman–Crippen MR) is 128 cm³/mol. The Hall–Kier alpha value is -4.19. The Morgan fingerprint density at radius 2 is 1.48 bits per heavy atom. The van der Waals surface area contributed by atoms with E-state index in [1.165, 1.54) is 0 Å². The maximum atomic E-state index is 13.0. The van der Waals surface area contributed by atoms with Crippen molar-refractivity contribution in [2.24, 2.45) is 0 Å². The number of aryl methyl sites for hydroxylation is 2. The third kappa shape index (κ3) is 3.80. The average Bonchev–Trinajstić information content (AvgIpc) is 3.36. The number of nitrogens with one attached hydrogen (secondary N) is 1. The first-order valence-corrected chi connectivity index (χ1v) is 10.8. The van der Waals surface area contributed by atoms with E-state index in [-0.39, 0.29) is 18.9 Å². The Labute approximate surface area is 190 Å². The number of aromatic amines is 1. The molecule has 0 fully saturated rings. The molecule has 0 bridgehead atoms. The molecule has 0 amide bonds. The van der Waals surface area contributed by atoms with E-state index in [0.717, 1.165) is 44.6 Å². The molecule has 0 aliphatic rings. The molecule has 33 heavy (non-hydrogen) atoms. The number of hydrogen-bond donors (Lipinski definition) is 1. The number of aromatic nitrogens is 3. The van der Waals surface area contributed by atoms with Crippen LogP contribution in [0.1, 0.15) is 33.0 Å². The van der Waals surface area contributed by atoms with E-state index < -0.39 is 5.97 Å². The molecule has 2 heterocycles. The largest absolute Gasteiger partial charge is 0.462 e. The number of rotatable bonds is 5. The zero-order chi connectivity index (χ0) is 22.9. The minimum Gasteiger partial charge on any atom is -0.462 e. The van der Waals surface area contributed by atoms with Crippen LogP contribution in [0.4, 0.5) is 0 Å². The van der Waals surface area contributed by atoms with E-state index in [1.807, 2.05) is 74.5 Å². The fourth-order valence-electron chi connectivity index (χ4n) is 4.07. The van der Waals surface area contributed by atoms with Crippen molar-refractivity contribution in [3.8, 4) is 11.4 Å². The van der Waals surface area contributed by atoms with Crippen LogP contribution in [0.15, 0.2) is 72.8 Å². The van der Waals surface area contributed by atoms with Gasteiger partial charge in [-0.2, -0.15) is 0 Å². The predicted octanol–water partition coefficient (Wildman–Crippen LogP) is 5.69. The lowest BCUT2D eigenvalue weighted by molar-refractivity contribution is 0.0490. The molecule has 0 saturated heterocycles. The van der Waals surface area contributed by atoms with Crippen LogP contribution in [-0.2, 0) is 4.74 Å². The van der Waals surface area contributed by atoms with Crippen molar-refractivity contribution in [3.63, 3.8) is 0 Å². The van der Waals surface area contributed by atoms with Crippen LogP contribution in [0.5, 0.6) is 0 Å². The van der Waals surface area contributed by atoms with Crippen LogP contribution < -0.4 is 0 Å². The summed E-state index contributed by atoms with van der Waals surface area (Å²) in [5.74, 6) is 0.198. The molecule has 0 spiro atoms. The van der Waals surface area contributed by atoms with E-state index in [9.17, 15) is 9.59 Å². The summed E-state index contributed by atoms with van der Waals surface area (Å²) in [5.41, 5.74) is 5.00. The van der Waals surface area contributed by atoms with Gasteiger partial charge in [0, 0.05) is 22.0 Å². The molecule has 0 radical (unpaired) electrons. The molecule has 5 rings (SSSR count). The van der Waals surface area contributed by atoms with Gasteiger partial charge < -0.3 is 9.72 Å². The second-order valence-electron chi connectivity index (χ2n) is 8.02. The second kappa shape index (κ2) is 8.39. The average molecular weight is 437 g/mol. The summed E-state index contributed by atoms with van der Waals surface area (Å²) in [6.45, 7) is 3.93. The van der Waals surface area contributed by atoms with Gasteiger partial charge in [0.2, 0.25) is 5.91 Å². The first-order valence-electron chi connectivity index (χ1n) is 10.8. The molecule has 3 aromatic carbocycles. The summed E-state index contributed by atoms with van der Waals surface area (Å²) in [6.07, 6.45) is 0.0947. The number of nitrogens with zero attached hydrogens (tertiary/aromatic N) is 2. The zero-order valence-corrected chi connectivity index (χ0v) is 18.5. The Balaban J connectivity index is 1.27. The van der Waals surface area contributed by atoms with Gasteiger partial charge in [0.15, 0.2) is 0 Å². The van der Waals surface area contributed by atoms with Crippen molar-refractivity contribution in [1.82, 2.24) is 14.5 Å². The van der Waals surface area contributed by atoms with Crippen LogP contribution in [0.2, 0.25) is 0 Å². The highest BCUT2D eigenvalue weighted by Gasteiger charge is 2.16. The Kier molecular flexibility index (Phi) is 5.26. The third-order valence-corrected chi connectivity index (χ3v) is 5.90. The lowest BCUT2D eigenvalue weighted by Gasteiger charge is -2.08. The lowest BCUT2D eigenvalue weighted by atomic mass is 10.1. The van der Waals surface area contributed by atoms with Crippen LogP contribution in [0.25, 0.3) is 33.2 Å². The Morgan fingerprint density at radius 1 is 0.879 bits per heavy atom. The van der Waals surface area contributed by atoms with Gasteiger partial charge in [-0.05, 0) is 38.1 Å². The molecular formula is C27H23N3O3. The van der Waals surface area contributed by atoms with Gasteiger partial charge in [-0.1, -0.05) is 48.5 Å². The number of carbonyl (C=O) groups excluding carboxylic acids is 2. The van der Waals surface area contributed by atoms with Gasteiger partial charge in [0.05, 0.1) is 28.7 Å². The molecule has 164 valence electrons. The molecule has 1 N–H and O–H groups in total. The number of fused-ring (bicyclic) bond motifs is 3. The smallest absolute Gasteiger partial charge is 0.338 e. The molecular weight excluding hydrogens is 414 g/mol.